The zero-order valence-corrected chi connectivity index (χ0v) is 17.4. The Bertz CT molecular complexity index is 1050. The van der Waals surface area contributed by atoms with Gasteiger partial charge in [-0.1, -0.05) is 29.1 Å². The van der Waals surface area contributed by atoms with Crippen molar-refractivity contribution >= 4 is 34.6 Å². The van der Waals surface area contributed by atoms with E-state index in [4.69, 9.17) is 9.26 Å². The molecule has 0 unspecified atom stereocenters. The van der Waals surface area contributed by atoms with E-state index in [9.17, 15) is 9.59 Å². The number of ether oxygens (including phenoxy) is 1. The van der Waals surface area contributed by atoms with E-state index >= 15 is 0 Å². The lowest BCUT2D eigenvalue weighted by Crippen LogP contribution is -2.25. The molecule has 0 bridgehead atoms. The molecule has 0 spiro atoms. The van der Waals surface area contributed by atoms with Gasteiger partial charge < -0.3 is 9.26 Å². The molecule has 3 aromatic rings. The predicted octanol–water partition coefficient (Wildman–Crippen LogP) is 2.63. The third-order valence-electron chi connectivity index (χ3n) is 3.91. The lowest BCUT2D eigenvalue weighted by Gasteiger charge is -2.13. The molecule has 0 radical (unpaired) electrons. The Labute approximate surface area is 171 Å². The molecule has 0 atom stereocenters. The van der Waals surface area contributed by atoms with Crippen LogP contribution in [0.1, 0.15) is 26.1 Å². The molecule has 29 heavy (non-hydrogen) atoms. The Morgan fingerprint density at radius 1 is 1.31 bits per heavy atom. The van der Waals surface area contributed by atoms with Gasteiger partial charge in [-0.3, -0.25) is 19.5 Å². The van der Waals surface area contributed by atoms with Crippen LogP contribution in [0.2, 0.25) is 0 Å². The van der Waals surface area contributed by atoms with Crippen molar-refractivity contribution in [2.75, 3.05) is 17.7 Å². The van der Waals surface area contributed by atoms with Crippen LogP contribution in [-0.2, 0) is 16.1 Å². The zero-order valence-electron chi connectivity index (χ0n) is 16.5. The molecule has 2 aromatic heterocycles. The Morgan fingerprint density at radius 3 is 2.83 bits per heavy atom. The number of nitrogens with one attached hydrogen (secondary N) is 1. The summed E-state index contributed by atoms with van der Waals surface area (Å²) in [7, 11) is 0. The van der Waals surface area contributed by atoms with E-state index in [1.165, 1.54) is 11.8 Å². The Kier molecular flexibility index (Phi) is 6.99. The van der Waals surface area contributed by atoms with Crippen LogP contribution in [-0.4, -0.2) is 44.1 Å². The van der Waals surface area contributed by atoms with Crippen LogP contribution in [0.4, 0.5) is 6.01 Å². The first-order chi connectivity index (χ1) is 13.9. The van der Waals surface area contributed by atoms with Crippen LogP contribution in [0.3, 0.4) is 0 Å². The van der Waals surface area contributed by atoms with Crippen molar-refractivity contribution in [1.82, 2.24) is 19.7 Å². The number of carbonyl (C=O) groups excluding carboxylic acids is 1. The van der Waals surface area contributed by atoms with Crippen LogP contribution in [0, 0.1) is 6.92 Å². The normalized spacial score (nSPS) is 11.3. The number of hydrogen-bond donors (Lipinski definition) is 1. The minimum atomic E-state index is -0.323. The number of nitrogens with zero attached hydrogens (tertiary/aromatic N) is 4. The first-order valence-electron chi connectivity index (χ1n) is 9.28. The van der Waals surface area contributed by atoms with Gasteiger partial charge in [0.1, 0.15) is 0 Å². The van der Waals surface area contributed by atoms with Crippen molar-refractivity contribution < 1.29 is 14.1 Å². The molecule has 0 aliphatic carbocycles. The maximum atomic E-state index is 13.0. The van der Waals surface area contributed by atoms with Crippen molar-refractivity contribution in [3.63, 3.8) is 0 Å². The summed E-state index contributed by atoms with van der Waals surface area (Å²) in [5, 5.41) is 7.19. The fourth-order valence-corrected chi connectivity index (χ4v) is 3.46. The molecule has 0 aliphatic rings. The van der Waals surface area contributed by atoms with Crippen LogP contribution in [0.15, 0.2) is 38.7 Å². The second-order valence-electron chi connectivity index (χ2n) is 6.63. The van der Waals surface area contributed by atoms with Crippen molar-refractivity contribution in [3.8, 4) is 0 Å². The average molecular weight is 417 g/mol. The molecule has 1 amide bonds. The second kappa shape index (κ2) is 9.66. The number of aromatic nitrogens is 4. The van der Waals surface area contributed by atoms with Crippen molar-refractivity contribution in [3.05, 3.63) is 40.4 Å². The van der Waals surface area contributed by atoms with Crippen molar-refractivity contribution in [1.29, 1.82) is 0 Å². The number of benzene rings is 1. The van der Waals surface area contributed by atoms with Crippen LogP contribution >= 0.6 is 11.8 Å². The summed E-state index contributed by atoms with van der Waals surface area (Å²) in [6.07, 6.45) is 0.798. The van der Waals surface area contributed by atoms with Gasteiger partial charge in [0.2, 0.25) is 5.91 Å². The van der Waals surface area contributed by atoms with Crippen LogP contribution in [0.25, 0.3) is 10.9 Å². The summed E-state index contributed by atoms with van der Waals surface area (Å²) in [5.74, 6) is 0.159. The van der Waals surface area contributed by atoms with Gasteiger partial charge in [0.25, 0.3) is 5.56 Å². The maximum Gasteiger partial charge on any atom is 0.328 e. The lowest BCUT2D eigenvalue weighted by molar-refractivity contribution is -0.114. The largest absolute Gasteiger partial charge is 0.379 e. The number of para-hydroxylation sites is 1. The molecule has 0 fully saturated rings. The molecule has 1 aromatic carbocycles. The Morgan fingerprint density at radius 2 is 2.10 bits per heavy atom. The van der Waals surface area contributed by atoms with Crippen molar-refractivity contribution in [2.45, 2.75) is 45.0 Å². The van der Waals surface area contributed by atoms with Gasteiger partial charge >= 0.3 is 6.01 Å². The molecule has 10 heteroatoms. The first-order valence-corrected chi connectivity index (χ1v) is 10.3. The SMILES string of the molecule is Cc1noc(NC(=O)CSc2nc3ccccc3c(=O)n2CCCOC(C)C)n1. The van der Waals surface area contributed by atoms with E-state index in [2.05, 4.69) is 20.4 Å². The number of amides is 1. The topological polar surface area (TPSA) is 112 Å². The van der Waals surface area contributed by atoms with Gasteiger partial charge in [-0.05, 0) is 39.3 Å². The summed E-state index contributed by atoms with van der Waals surface area (Å²) in [5.41, 5.74) is 0.471. The number of carbonyl (C=O) groups is 1. The quantitative estimate of drug-likeness (QED) is 0.321. The van der Waals surface area contributed by atoms with Gasteiger partial charge in [0, 0.05) is 13.2 Å². The Hall–Kier alpha value is -2.72. The molecule has 2 heterocycles. The molecular weight excluding hydrogens is 394 g/mol. The third-order valence-corrected chi connectivity index (χ3v) is 4.89. The van der Waals surface area contributed by atoms with Gasteiger partial charge in [-0.15, -0.1) is 0 Å². The van der Waals surface area contributed by atoms with E-state index in [-0.39, 0.29) is 29.3 Å². The van der Waals surface area contributed by atoms with Gasteiger partial charge in [-0.2, -0.15) is 4.98 Å². The predicted molar refractivity (Wildman–Crippen MR) is 110 cm³/mol. The van der Waals surface area contributed by atoms with E-state index in [0.29, 0.717) is 41.5 Å². The second-order valence-corrected chi connectivity index (χ2v) is 7.57. The molecule has 3 rings (SSSR count). The minimum Gasteiger partial charge on any atom is -0.379 e. The summed E-state index contributed by atoms with van der Waals surface area (Å²) in [6.45, 7) is 6.59. The standard InChI is InChI=1S/C19H23N5O4S/c1-12(2)27-10-6-9-24-17(26)14-7-4-5-8-15(14)21-19(24)29-11-16(25)22-18-20-13(3)23-28-18/h4-5,7-8,12H,6,9-11H2,1-3H3,(H,20,22,23,25). The summed E-state index contributed by atoms with van der Waals surface area (Å²) in [6, 6.07) is 7.22. The lowest BCUT2D eigenvalue weighted by atomic mass is 10.2. The van der Waals surface area contributed by atoms with Crippen LogP contribution < -0.4 is 10.9 Å². The summed E-state index contributed by atoms with van der Waals surface area (Å²) >= 11 is 1.18. The van der Waals surface area contributed by atoms with Gasteiger partial charge in [0.05, 0.1) is 22.8 Å². The molecule has 154 valence electrons. The maximum absolute atomic E-state index is 13.0. The third kappa shape index (κ3) is 5.64. The highest BCUT2D eigenvalue weighted by atomic mass is 32.2. The monoisotopic (exact) mass is 417 g/mol. The zero-order chi connectivity index (χ0) is 20.8. The number of fused-ring (bicyclic) bond motifs is 1. The highest BCUT2D eigenvalue weighted by molar-refractivity contribution is 7.99. The molecule has 0 aliphatic heterocycles. The van der Waals surface area contributed by atoms with Gasteiger partial charge in [0.15, 0.2) is 11.0 Å². The summed E-state index contributed by atoms with van der Waals surface area (Å²) in [4.78, 5) is 33.7. The van der Waals surface area contributed by atoms with Gasteiger partial charge in [-0.25, -0.2) is 4.98 Å². The Balaban J connectivity index is 1.76. The van der Waals surface area contributed by atoms with E-state index in [1.807, 2.05) is 26.0 Å². The van der Waals surface area contributed by atoms with E-state index in [0.717, 1.165) is 0 Å². The molecule has 0 saturated carbocycles. The van der Waals surface area contributed by atoms with E-state index < -0.39 is 0 Å². The molecule has 0 saturated heterocycles. The molecular formula is C19H23N5O4S. The fourth-order valence-electron chi connectivity index (χ4n) is 2.63. The number of hydrogen-bond acceptors (Lipinski definition) is 8. The first kappa shape index (κ1) is 21.0. The average Bonchev–Trinajstić information content (AvgIpc) is 3.09. The smallest absolute Gasteiger partial charge is 0.328 e. The van der Waals surface area contributed by atoms with Crippen LogP contribution in [0.5, 0.6) is 0 Å². The number of aryl methyl sites for hydroxylation is 1. The number of thioether (sulfide) groups is 1. The summed E-state index contributed by atoms with van der Waals surface area (Å²) < 4.78 is 12.1. The minimum absolute atomic E-state index is 0.0443. The van der Waals surface area contributed by atoms with E-state index in [1.54, 1.807) is 23.6 Å². The molecule has 9 nitrogen and oxygen atoms in total. The highest BCUT2D eigenvalue weighted by Crippen LogP contribution is 2.18. The fraction of sp³-hybridized carbons (Fsp3) is 0.421. The molecule has 1 N–H and O–H groups in total. The number of rotatable bonds is 9. The van der Waals surface area contributed by atoms with Crippen molar-refractivity contribution in [2.24, 2.45) is 0 Å². The number of anilines is 1. The highest BCUT2D eigenvalue weighted by Gasteiger charge is 2.14.